The van der Waals surface area contributed by atoms with Crippen LogP contribution in [0, 0.1) is 6.92 Å². The molecule has 0 unspecified atom stereocenters. The molecule has 25 heavy (non-hydrogen) atoms. The summed E-state index contributed by atoms with van der Waals surface area (Å²) in [5.41, 5.74) is 7.51. The highest BCUT2D eigenvalue weighted by molar-refractivity contribution is 5.63. The zero-order valence-corrected chi connectivity index (χ0v) is 16.9. The Labute approximate surface area is 154 Å². The number of hydrogen-bond donors (Lipinski definition) is 0. The van der Waals surface area contributed by atoms with Crippen molar-refractivity contribution in [3.05, 3.63) is 53.2 Å². The first kappa shape index (κ1) is 18.2. The summed E-state index contributed by atoms with van der Waals surface area (Å²) in [6.07, 6.45) is 9.03. The van der Waals surface area contributed by atoms with Gasteiger partial charge in [-0.1, -0.05) is 59.1 Å². The van der Waals surface area contributed by atoms with Crippen LogP contribution in [0.15, 0.2) is 36.5 Å². The van der Waals surface area contributed by atoms with E-state index >= 15 is 0 Å². The van der Waals surface area contributed by atoms with E-state index in [2.05, 4.69) is 82.8 Å². The molecule has 2 aromatic rings. The standard InChI is InChI=1S/C24H34N/c1-18-10-11-19(23(2,3)4)16-21(18)22-17-20(12-15-25(22)6)24(5)13-8-7-9-14-24/h10-12,15-17H,7-9,13-14H2,1-6H3/q+1. The van der Waals surface area contributed by atoms with Crippen molar-refractivity contribution in [2.24, 2.45) is 7.05 Å². The molecule has 1 aliphatic carbocycles. The number of rotatable bonds is 2. The third kappa shape index (κ3) is 3.66. The zero-order valence-electron chi connectivity index (χ0n) is 16.9. The molecule has 0 spiro atoms. The second kappa shape index (κ2) is 6.59. The highest BCUT2D eigenvalue weighted by atomic mass is 14.9. The van der Waals surface area contributed by atoms with Crippen molar-refractivity contribution < 1.29 is 4.57 Å². The van der Waals surface area contributed by atoms with Crippen LogP contribution < -0.4 is 4.57 Å². The van der Waals surface area contributed by atoms with E-state index in [9.17, 15) is 0 Å². The Hall–Kier alpha value is -1.63. The molecule has 0 N–H and O–H groups in total. The topological polar surface area (TPSA) is 3.88 Å². The second-order valence-corrected chi connectivity index (χ2v) is 9.31. The minimum Gasteiger partial charge on any atom is -0.201 e. The third-order valence-corrected chi connectivity index (χ3v) is 6.18. The number of hydrogen-bond acceptors (Lipinski definition) is 0. The van der Waals surface area contributed by atoms with E-state index in [1.807, 2.05) is 0 Å². The van der Waals surface area contributed by atoms with Gasteiger partial charge in [-0.15, -0.1) is 0 Å². The summed E-state index contributed by atoms with van der Waals surface area (Å²) < 4.78 is 2.28. The molecular weight excluding hydrogens is 302 g/mol. The van der Waals surface area contributed by atoms with Gasteiger partial charge < -0.3 is 0 Å². The van der Waals surface area contributed by atoms with Gasteiger partial charge in [-0.2, -0.15) is 0 Å². The van der Waals surface area contributed by atoms with Crippen LogP contribution in [0.3, 0.4) is 0 Å². The zero-order chi connectivity index (χ0) is 18.2. The van der Waals surface area contributed by atoms with Crippen LogP contribution in [0.1, 0.15) is 76.5 Å². The van der Waals surface area contributed by atoms with Crippen molar-refractivity contribution in [1.29, 1.82) is 0 Å². The lowest BCUT2D eigenvalue weighted by molar-refractivity contribution is -0.660. The molecule has 0 aliphatic heterocycles. The van der Waals surface area contributed by atoms with Gasteiger partial charge in [0.15, 0.2) is 6.20 Å². The van der Waals surface area contributed by atoms with Crippen molar-refractivity contribution in [2.75, 3.05) is 0 Å². The SMILES string of the molecule is Cc1ccc(C(C)(C)C)cc1-c1cc(C2(C)CCCCC2)cc[n+]1C. The summed E-state index contributed by atoms with van der Waals surface area (Å²) in [7, 11) is 2.17. The number of benzene rings is 1. The molecular formula is C24H34N+. The summed E-state index contributed by atoms with van der Waals surface area (Å²) in [6.45, 7) is 11.6. The maximum atomic E-state index is 2.46. The molecule has 3 rings (SSSR count). The highest BCUT2D eigenvalue weighted by Crippen LogP contribution is 2.40. The lowest BCUT2D eigenvalue weighted by atomic mass is 9.71. The Morgan fingerprint density at radius 3 is 2.28 bits per heavy atom. The van der Waals surface area contributed by atoms with Gasteiger partial charge in [0.2, 0.25) is 5.69 Å². The molecule has 1 aromatic carbocycles. The summed E-state index contributed by atoms with van der Waals surface area (Å²) in [5, 5.41) is 0. The Morgan fingerprint density at radius 1 is 0.960 bits per heavy atom. The Balaban J connectivity index is 2.10. The molecule has 1 saturated carbocycles. The quantitative estimate of drug-likeness (QED) is 0.592. The second-order valence-electron chi connectivity index (χ2n) is 9.31. The molecule has 0 bridgehead atoms. The smallest absolute Gasteiger partial charge is 0.201 e. The summed E-state index contributed by atoms with van der Waals surface area (Å²) >= 11 is 0. The van der Waals surface area contributed by atoms with Crippen molar-refractivity contribution in [1.82, 2.24) is 0 Å². The molecule has 1 aromatic heterocycles. The van der Waals surface area contributed by atoms with Crippen LogP contribution >= 0.6 is 0 Å². The lowest BCUT2D eigenvalue weighted by Crippen LogP contribution is -2.33. The average molecular weight is 337 g/mol. The van der Waals surface area contributed by atoms with Crippen LogP contribution in [-0.4, -0.2) is 0 Å². The molecule has 0 atom stereocenters. The van der Waals surface area contributed by atoms with Crippen LogP contribution in [-0.2, 0) is 17.9 Å². The normalized spacial score (nSPS) is 17.5. The predicted octanol–water partition coefficient (Wildman–Crippen LogP) is 6.01. The monoisotopic (exact) mass is 336 g/mol. The molecule has 1 fully saturated rings. The molecule has 0 saturated heterocycles. The van der Waals surface area contributed by atoms with Crippen LogP contribution in [0.2, 0.25) is 0 Å². The Morgan fingerprint density at radius 2 is 1.64 bits per heavy atom. The van der Waals surface area contributed by atoms with E-state index in [0.717, 1.165) is 0 Å². The first-order chi connectivity index (χ1) is 11.7. The fourth-order valence-electron chi connectivity index (χ4n) is 4.20. The maximum absolute atomic E-state index is 2.46. The lowest BCUT2D eigenvalue weighted by Gasteiger charge is -2.34. The van der Waals surface area contributed by atoms with Crippen LogP contribution in [0.4, 0.5) is 0 Å². The van der Waals surface area contributed by atoms with Gasteiger partial charge in [-0.3, -0.25) is 0 Å². The van der Waals surface area contributed by atoms with Gasteiger partial charge in [0, 0.05) is 17.7 Å². The predicted molar refractivity (Wildman–Crippen MR) is 107 cm³/mol. The van der Waals surface area contributed by atoms with Crippen molar-refractivity contribution in [2.45, 2.75) is 77.6 Å². The minimum atomic E-state index is 0.175. The van der Waals surface area contributed by atoms with Crippen LogP contribution in [0.25, 0.3) is 11.3 Å². The van der Waals surface area contributed by atoms with E-state index in [1.54, 1.807) is 0 Å². The summed E-state index contributed by atoms with van der Waals surface area (Å²) in [6, 6.07) is 11.8. The summed E-state index contributed by atoms with van der Waals surface area (Å²) in [5.74, 6) is 0. The third-order valence-electron chi connectivity index (χ3n) is 6.18. The van der Waals surface area contributed by atoms with Crippen molar-refractivity contribution >= 4 is 0 Å². The number of aryl methyl sites for hydroxylation is 2. The fraction of sp³-hybridized carbons (Fsp3) is 0.542. The summed E-state index contributed by atoms with van der Waals surface area (Å²) in [4.78, 5) is 0. The molecule has 0 amide bonds. The number of aromatic nitrogens is 1. The van der Waals surface area contributed by atoms with Crippen molar-refractivity contribution in [3.8, 4) is 11.3 Å². The van der Waals surface area contributed by atoms with Gasteiger partial charge in [-0.05, 0) is 53.4 Å². The maximum Gasteiger partial charge on any atom is 0.212 e. The van der Waals surface area contributed by atoms with E-state index in [1.165, 1.54) is 60.1 Å². The molecule has 1 heterocycles. The van der Waals surface area contributed by atoms with Crippen LogP contribution in [0.5, 0.6) is 0 Å². The minimum absolute atomic E-state index is 0.175. The number of pyridine rings is 1. The Kier molecular flexibility index (Phi) is 4.79. The molecule has 1 aliphatic rings. The number of nitrogens with zero attached hydrogens (tertiary/aromatic N) is 1. The van der Waals surface area contributed by atoms with Gasteiger partial charge in [-0.25, -0.2) is 4.57 Å². The Bertz CT molecular complexity index is 758. The fourth-order valence-corrected chi connectivity index (χ4v) is 4.20. The first-order valence-electron chi connectivity index (χ1n) is 9.82. The van der Waals surface area contributed by atoms with E-state index in [-0.39, 0.29) is 5.41 Å². The first-order valence-corrected chi connectivity index (χ1v) is 9.82. The molecule has 1 nitrogen and oxygen atoms in total. The van der Waals surface area contributed by atoms with E-state index in [0.29, 0.717) is 5.41 Å². The van der Waals surface area contributed by atoms with Gasteiger partial charge in [0.25, 0.3) is 0 Å². The molecule has 134 valence electrons. The van der Waals surface area contributed by atoms with Crippen molar-refractivity contribution in [3.63, 3.8) is 0 Å². The molecule has 0 radical (unpaired) electrons. The van der Waals surface area contributed by atoms with Gasteiger partial charge >= 0.3 is 0 Å². The van der Waals surface area contributed by atoms with Gasteiger partial charge in [0.05, 0.1) is 0 Å². The van der Waals surface area contributed by atoms with E-state index in [4.69, 9.17) is 0 Å². The largest absolute Gasteiger partial charge is 0.212 e. The highest BCUT2D eigenvalue weighted by Gasteiger charge is 2.30. The average Bonchev–Trinajstić information content (AvgIpc) is 2.55. The van der Waals surface area contributed by atoms with E-state index < -0.39 is 0 Å². The van der Waals surface area contributed by atoms with Gasteiger partial charge in [0.1, 0.15) is 7.05 Å². The molecule has 1 heteroatoms.